The fourth-order valence-electron chi connectivity index (χ4n) is 4.08. The average Bonchev–Trinajstić information content (AvgIpc) is 3.19. The van der Waals surface area contributed by atoms with Gasteiger partial charge in [0.15, 0.2) is 5.82 Å². The molecule has 31 heavy (non-hydrogen) atoms. The van der Waals surface area contributed by atoms with Crippen LogP contribution in [0.5, 0.6) is 0 Å². The third kappa shape index (κ3) is 3.34. The van der Waals surface area contributed by atoms with E-state index >= 15 is 0 Å². The molecule has 0 amide bonds. The number of benzene rings is 1. The predicted molar refractivity (Wildman–Crippen MR) is 116 cm³/mol. The van der Waals surface area contributed by atoms with E-state index in [4.69, 9.17) is 4.98 Å². The molecule has 1 N–H and O–H groups in total. The van der Waals surface area contributed by atoms with Gasteiger partial charge in [-0.05, 0) is 55.3 Å². The molecule has 7 nitrogen and oxygen atoms in total. The van der Waals surface area contributed by atoms with E-state index in [0.29, 0.717) is 34.7 Å². The number of aliphatic hydroxyl groups excluding tert-OH is 1. The van der Waals surface area contributed by atoms with Crippen molar-refractivity contribution < 1.29 is 9.50 Å². The van der Waals surface area contributed by atoms with Crippen LogP contribution >= 0.6 is 0 Å². The zero-order valence-electron chi connectivity index (χ0n) is 16.9. The van der Waals surface area contributed by atoms with Gasteiger partial charge in [0.25, 0.3) is 5.56 Å². The first-order valence-electron chi connectivity index (χ1n) is 10.0. The van der Waals surface area contributed by atoms with E-state index in [1.807, 2.05) is 17.0 Å². The molecular formula is C23H20FN5O2. The molecule has 5 rings (SSSR count). The second-order valence-electron chi connectivity index (χ2n) is 7.57. The van der Waals surface area contributed by atoms with Gasteiger partial charge in [0.1, 0.15) is 17.7 Å². The standard InChI is InChI=1S/C23H20FN5O2/c1-14-10-16(12-28(8-9-30)23(14)31)18-3-4-19-21(27-18)22(26-13-25-19)29-7-6-15-11-17(24)2-5-20(15)29/h2-5,10-13,30H,6-9H2,1H3. The Labute approximate surface area is 177 Å². The van der Waals surface area contributed by atoms with Gasteiger partial charge in [0.2, 0.25) is 0 Å². The average molecular weight is 417 g/mol. The van der Waals surface area contributed by atoms with E-state index in [2.05, 4.69) is 9.97 Å². The molecule has 0 bridgehead atoms. The lowest BCUT2D eigenvalue weighted by Gasteiger charge is -2.19. The first-order chi connectivity index (χ1) is 15.0. The van der Waals surface area contributed by atoms with E-state index in [9.17, 15) is 14.3 Å². The predicted octanol–water partition coefficient (Wildman–Crippen LogP) is 2.99. The van der Waals surface area contributed by atoms with Gasteiger partial charge in [-0.15, -0.1) is 0 Å². The molecule has 0 fully saturated rings. The third-order valence-electron chi connectivity index (χ3n) is 5.56. The molecule has 1 aliphatic rings. The van der Waals surface area contributed by atoms with Gasteiger partial charge in [0, 0.05) is 36.1 Å². The Hall–Kier alpha value is -3.65. The minimum atomic E-state index is -0.248. The maximum absolute atomic E-state index is 13.6. The Bertz CT molecular complexity index is 1370. The summed E-state index contributed by atoms with van der Waals surface area (Å²) in [4.78, 5) is 28.0. The molecule has 1 aliphatic heterocycles. The molecule has 0 saturated heterocycles. The van der Waals surface area contributed by atoms with Crippen LogP contribution in [0.25, 0.3) is 22.3 Å². The summed E-state index contributed by atoms with van der Waals surface area (Å²) in [5, 5.41) is 9.27. The lowest BCUT2D eigenvalue weighted by atomic mass is 10.1. The van der Waals surface area contributed by atoms with E-state index in [0.717, 1.165) is 23.2 Å². The molecule has 156 valence electrons. The van der Waals surface area contributed by atoms with Crippen molar-refractivity contribution in [1.29, 1.82) is 0 Å². The summed E-state index contributed by atoms with van der Waals surface area (Å²) >= 11 is 0. The van der Waals surface area contributed by atoms with Crippen LogP contribution in [0.2, 0.25) is 0 Å². The number of nitrogens with zero attached hydrogens (tertiary/aromatic N) is 5. The number of halogens is 1. The Morgan fingerprint density at radius 2 is 2.03 bits per heavy atom. The van der Waals surface area contributed by atoms with Crippen molar-refractivity contribution in [3.8, 4) is 11.3 Å². The molecule has 0 spiro atoms. The van der Waals surface area contributed by atoms with Crippen molar-refractivity contribution in [2.24, 2.45) is 0 Å². The molecule has 4 aromatic rings. The Morgan fingerprint density at radius 3 is 2.87 bits per heavy atom. The van der Waals surface area contributed by atoms with Crippen LogP contribution in [0.3, 0.4) is 0 Å². The van der Waals surface area contributed by atoms with Gasteiger partial charge in [-0.2, -0.15) is 0 Å². The number of fused-ring (bicyclic) bond motifs is 2. The summed E-state index contributed by atoms with van der Waals surface area (Å²) in [6, 6.07) is 10.3. The van der Waals surface area contributed by atoms with E-state index in [1.165, 1.54) is 17.0 Å². The third-order valence-corrected chi connectivity index (χ3v) is 5.56. The number of anilines is 2. The van der Waals surface area contributed by atoms with Crippen LogP contribution in [0.4, 0.5) is 15.9 Å². The molecule has 0 aliphatic carbocycles. The molecule has 3 aromatic heterocycles. The SMILES string of the molecule is Cc1cc(-c2ccc3ncnc(N4CCc5cc(F)ccc54)c3n2)cn(CCO)c1=O. The van der Waals surface area contributed by atoms with Crippen molar-refractivity contribution in [3.63, 3.8) is 0 Å². The Kier molecular flexibility index (Phi) is 4.71. The summed E-state index contributed by atoms with van der Waals surface area (Å²) in [7, 11) is 0. The largest absolute Gasteiger partial charge is 0.395 e. The molecule has 0 radical (unpaired) electrons. The molecular weight excluding hydrogens is 397 g/mol. The van der Waals surface area contributed by atoms with Crippen LogP contribution in [0, 0.1) is 12.7 Å². The smallest absolute Gasteiger partial charge is 0.253 e. The highest BCUT2D eigenvalue weighted by atomic mass is 19.1. The maximum Gasteiger partial charge on any atom is 0.253 e. The van der Waals surface area contributed by atoms with Gasteiger partial charge in [-0.3, -0.25) is 4.79 Å². The highest BCUT2D eigenvalue weighted by molar-refractivity contribution is 5.90. The van der Waals surface area contributed by atoms with E-state index < -0.39 is 0 Å². The van der Waals surface area contributed by atoms with Crippen molar-refractivity contribution in [2.75, 3.05) is 18.1 Å². The molecule has 4 heterocycles. The van der Waals surface area contributed by atoms with Crippen molar-refractivity contribution in [2.45, 2.75) is 19.9 Å². The first-order valence-corrected chi connectivity index (χ1v) is 10.0. The Morgan fingerprint density at radius 1 is 1.16 bits per heavy atom. The zero-order valence-corrected chi connectivity index (χ0v) is 16.9. The number of rotatable bonds is 4. The van der Waals surface area contributed by atoms with Crippen LogP contribution in [-0.2, 0) is 13.0 Å². The maximum atomic E-state index is 13.6. The Balaban J connectivity index is 1.65. The highest BCUT2D eigenvalue weighted by Crippen LogP contribution is 2.36. The number of aliphatic hydroxyl groups is 1. The van der Waals surface area contributed by atoms with Gasteiger partial charge in [-0.25, -0.2) is 19.3 Å². The lowest BCUT2D eigenvalue weighted by Crippen LogP contribution is -2.23. The number of hydrogen-bond acceptors (Lipinski definition) is 6. The molecule has 0 atom stereocenters. The first kappa shape index (κ1) is 19.3. The number of pyridine rings is 2. The fraction of sp³-hybridized carbons (Fsp3) is 0.217. The lowest BCUT2D eigenvalue weighted by molar-refractivity contribution is 0.274. The number of aromatic nitrogens is 4. The second-order valence-corrected chi connectivity index (χ2v) is 7.57. The summed E-state index contributed by atoms with van der Waals surface area (Å²) in [5.41, 5.74) is 5.08. The van der Waals surface area contributed by atoms with Crippen LogP contribution in [-0.4, -0.2) is 37.8 Å². The van der Waals surface area contributed by atoms with Gasteiger partial charge >= 0.3 is 0 Å². The quantitative estimate of drug-likeness (QED) is 0.550. The second kappa shape index (κ2) is 7.55. The number of hydrogen-bond donors (Lipinski definition) is 1. The monoisotopic (exact) mass is 417 g/mol. The molecule has 0 unspecified atom stereocenters. The van der Waals surface area contributed by atoms with Gasteiger partial charge < -0.3 is 14.6 Å². The van der Waals surface area contributed by atoms with Crippen LogP contribution < -0.4 is 10.5 Å². The van der Waals surface area contributed by atoms with Gasteiger partial charge in [-0.1, -0.05) is 0 Å². The van der Waals surface area contributed by atoms with E-state index in [-0.39, 0.29) is 24.5 Å². The number of aryl methyl sites for hydroxylation is 1. The van der Waals surface area contributed by atoms with Crippen molar-refractivity contribution in [1.82, 2.24) is 19.5 Å². The van der Waals surface area contributed by atoms with Crippen LogP contribution in [0.1, 0.15) is 11.1 Å². The zero-order chi connectivity index (χ0) is 21.5. The normalized spacial score (nSPS) is 13.1. The minimum Gasteiger partial charge on any atom is -0.395 e. The van der Waals surface area contributed by atoms with Crippen LogP contribution in [0.15, 0.2) is 53.7 Å². The van der Waals surface area contributed by atoms with Crippen molar-refractivity contribution >= 4 is 22.5 Å². The molecule has 0 saturated carbocycles. The summed E-state index contributed by atoms with van der Waals surface area (Å²) in [6.45, 7) is 2.52. The molecule has 8 heteroatoms. The summed E-state index contributed by atoms with van der Waals surface area (Å²) in [6.07, 6.45) is 3.94. The fourth-order valence-corrected chi connectivity index (χ4v) is 4.08. The summed E-state index contributed by atoms with van der Waals surface area (Å²) < 4.78 is 15.1. The highest BCUT2D eigenvalue weighted by Gasteiger charge is 2.24. The topological polar surface area (TPSA) is 84.1 Å². The van der Waals surface area contributed by atoms with Crippen molar-refractivity contribution in [3.05, 3.63) is 76.2 Å². The minimum absolute atomic E-state index is 0.124. The molecule has 1 aromatic carbocycles. The van der Waals surface area contributed by atoms with E-state index in [1.54, 1.807) is 31.3 Å². The summed E-state index contributed by atoms with van der Waals surface area (Å²) in [5.74, 6) is 0.416. The van der Waals surface area contributed by atoms with Gasteiger partial charge in [0.05, 0.1) is 17.8 Å².